The van der Waals surface area contributed by atoms with Crippen LogP contribution in [0.3, 0.4) is 0 Å². The van der Waals surface area contributed by atoms with Crippen molar-refractivity contribution in [3.63, 3.8) is 0 Å². The highest BCUT2D eigenvalue weighted by molar-refractivity contribution is 6.22. The van der Waals surface area contributed by atoms with E-state index in [1.54, 1.807) is 48.5 Å². The van der Waals surface area contributed by atoms with E-state index in [0.29, 0.717) is 34.4 Å². The number of nitrogens with zero attached hydrogens (tertiary/aromatic N) is 1. The number of esters is 1. The summed E-state index contributed by atoms with van der Waals surface area (Å²) < 4.78 is 5.37. The summed E-state index contributed by atoms with van der Waals surface area (Å²) in [4.78, 5) is 51.6. The molecule has 6 nitrogen and oxygen atoms in total. The molecule has 2 bridgehead atoms. The molecule has 1 heterocycles. The second-order valence-electron chi connectivity index (χ2n) is 9.18. The van der Waals surface area contributed by atoms with Crippen LogP contribution in [-0.4, -0.2) is 23.6 Å². The van der Waals surface area contributed by atoms with E-state index in [0.717, 1.165) is 6.42 Å². The van der Waals surface area contributed by atoms with Gasteiger partial charge in [0.05, 0.1) is 23.1 Å². The van der Waals surface area contributed by atoms with Crippen LogP contribution in [0.4, 0.5) is 5.69 Å². The molecule has 0 unspecified atom stereocenters. The third kappa shape index (κ3) is 2.72. The monoisotopic (exact) mass is 427 g/mol. The van der Waals surface area contributed by atoms with Gasteiger partial charge in [0.25, 0.3) is 0 Å². The molecule has 3 fully saturated rings. The van der Waals surface area contributed by atoms with E-state index >= 15 is 0 Å². The number of imide groups is 1. The minimum atomic E-state index is -0.554. The maximum absolute atomic E-state index is 13.2. The summed E-state index contributed by atoms with van der Waals surface area (Å²) in [6.07, 6.45) is 5.43. The van der Waals surface area contributed by atoms with Gasteiger partial charge in [-0.1, -0.05) is 12.2 Å². The van der Waals surface area contributed by atoms with Crippen molar-refractivity contribution in [2.24, 2.45) is 35.5 Å². The van der Waals surface area contributed by atoms with Gasteiger partial charge in [-0.2, -0.15) is 0 Å². The Labute approximate surface area is 184 Å². The van der Waals surface area contributed by atoms with Crippen molar-refractivity contribution in [3.05, 3.63) is 71.8 Å². The Morgan fingerprint density at radius 3 is 1.88 bits per heavy atom. The van der Waals surface area contributed by atoms with Crippen molar-refractivity contribution in [2.75, 3.05) is 4.90 Å². The van der Waals surface area contributed by atoms with Gasteiger partial charge in [0.15, 0.2) is 5.78 Å². The lowest BCUT2D eigenvalue weighted by Crippen LogP contribution is -2.40. The van der Waals surface area contributed by atoms with Crippen molar-refractivity contribution in [3.8, 4) is 5.75 Å². The quantitative estimate of drug-likeness (QED) is 0.245. The second-order valence-corrected chi connectivity index (χ2v) is 9.18. The van der Waals surface area contributed by atoms with Crippen LogP contribution < -0.4 is 9.64 Å². The standard InChI is InChI=1S/C26H21NO5/c1-13(28)14-4-8-17(9-5-14)32-26(31)15-2-6-16(7-3-15)27-24(29)22-18-10-11-19(21-12-20(18)21)23(22)25(27)30/h2-11,18-23H,12H2,1H3/t18-,19-,20-,21+,22+,23+/m0/s1. The SMILES string of the molecule is CC(=O)c1ccc(OC(=O)c2ccc(N3C(=O)[C@@H]4[C@H]5C=C[C@@H]([C@@H]6C[C@H]56)[C@H]4C3=O)cc2)cc1. The Balaban J connectivity index is 1.19. The minimum Gasteiger partial charge on any atom is -0.423 e. The van der Waals surface area contributed by atoms with Gasteiger partial charge >= 0.3 is 5.97 Å². The summed E-state index contributed by atoms with van der Waals surface area (Å²) >= 11 is 0. The molecule has 1 aliphatic heterocycles. The van der Waals surface area contributed by atoms with E-state index in [1.807, 2.05) is 0 Å². The van der Waals surface area contributed by atoms with Crippen LogP contribution in [0.5, 0.6) is 5.75 Å². The van der Waals surface area contributed by atoms with E-state index in [9.17, 15) is 19.2 Å². The number of hydrogen-bond donors (Lipinski definition) is 0. The molecule has 6 heteroatoms. The third-order valence-electron chi connectivity index (χ3n) is 7.50. The number of allylic oxidation sites excluding steroid dienone is 2. The number of carbonyl (C=O) groups excluding carboxylic acids is 4. The molecule has 5 aliphatic rings. The van der Waals surface area contributed by atoms with E-state index in [-0.39, 0.29) is 41.3 Å². The highest BCUT2D eigenvalue weighted by atomic mass is 16.5. The van der Waals surface area contributed by atoms with Gasteiger partial charge in [0.1, 0.15) is 5.75 Å². The maximum atomic E-state index is 13.2. The lowest BCUT2D eigenvalue weighted by molar-refractivity contribution is -0.124. The fourth-order valence-electron chi connectivity index (χ4n) is 5.88. The van der Waals surface area contributed by atoms with Crippen molar-refractivity contribution in [2.45, 2.75) is 13.3 Å². The van der Waals surface area contributed by atoms with Gasteiger partial charge in [0, 0.05) is 5.56 Å². The highest BCUT2D eigenvalue weighted by Gasteiger charge is 2.67. The van der Waals surface area contributed by atoms with Gasteiger partial charge in [-0.05, 0) is 85.5 Å². The fourth-order valence-corrected chi connectivity index (χ4v) is 5.88. The van der Waals surface area contributed by atoms with E-state index < -0.39 is 5.97 Å². The van der Waals surface area contributed by atoms with Crippen LogP contribution in [0.2, 0.25) is 0 Å². The predicted molar refractivity (Wildman–Crippen MR) is 115 cm³/mol. The highest BCUT2D eigenvalue weighted by Crippen LogP contribution is 2.65. The number of hydrogen-bond acceptors (Lipinski definition) is 5. The van der Waals surface area contributed by atoms with Crippen LogP contribution in [-0.2, 0) is 9.59 Å². The minimum absolute atomic E-state index is 0.0647. The summed E-state index contributed by atoms with van der Waals surface area (Å²) in [5, 5.41) is 0. The molecule has 0 spiro atoms. The average Bonchev–Trinajstić information content (AvgIpc) is 3.58. The molecule has 1 saturated heterocycles. The summed E-state index contributed by atoms with van der Waals surface area (Å²) in [5.41, 5.74) is 1.34. The van der Waals surface area contributed by atoms with Gasteiger partial charge in [-0.25, -0.2) is 4.79 Å². The zero-order valence-corrected chi connectivity index (χ0v) is 17.4. The number of rotatable bonds is 4. The van der Waals surface area contributed by atoms with Crippen LogP contribution in [0, 0.1) is 35.5 Å². The number of Topliss-reactive ketones (excluding diaryl/α,β-unsaturated/α-hetero) is 1. The Hall–Kier alpha value is -3.54. The Morgan fingerprint density at radius 1 is 0.812 bits per heavy atom. The maximum Gasteiger partial charge on any atom is 0.343 e. The average molecular weight is 427 g/mol. The number of ether oxygens (including phenoxy) is 1. The molecule has 6 atom stereocenters. The van der Waals surface area contributed by atoms with Crippen LogP contribution in [0.25, 0.3) is 0 Å². The largest absolute Gasteiger partial charge is 0.423 e. The number of amides is 2. The predicted octanol–water partition coefficient (Wildman–Crippen LogP) is 3.67. The Morgan fingerprint density at radius 2 is 1.34 bits per heavy atom. The van der Waals surface area contributed by atoms with Crippen molar-refractivity contribution >= 4 is 29.3 Å². The lowest BCUT2D eigenvalue weighted by Gasteiger charge is -2.37. The summed E-state index contributed by atoms with van der Waals surface area (Å²) in [5.74, 6) is 0.463. The Kier molecular flexibility index (Phi) is 4.03. The zero-order valence-electron chi connectivity index (χ0n) is 17.4. The molecular weight excluding hydrogens is 406 g/mol. The normalized spacial score (nSPS) is 31.3. The van der Waals surface area contributed by atoms with Gasteiger partial charge in [-0.15, -0.1) is 0 Å². The number of ketones is 1. The van der Waals surface area contributed by atoms with Gasteiger partial charge in [-0.3, -0.25) is 19.3 Å². The Bertz CT molecular complexity index is 1160. The van der Waals surface area contributed by atoms with E-state index in [2.05, 4.69) is 12.2 Å². The summed E-state index contributed by atoms with van der Waals surface area (Å²) in [6, 6.07) is 12.7. The van der Waals surface area contributed by atoms with Gasteiger partial charge in [0.2, 0.25) is 11.8 Å². The van der Waals surface area contributed by atoms with Crippen LogP contribution in [0.1, 0.15) is 34.1 Å². The first-order valence-corrected chi connectivity index (χ1v) is 10.9. The number of anilines is 1. The molecule has 4 aliphatic carbocycles. The first kappa shape index (κ1) is 19.2. The molecule has 2 aromatic rings. The summed E-state index contributed by atoms with van der Waals surface area (Å²) in [7, 11) is 0. The first-order valence-electron chi connectivity index (χ1n) is 10.9. The van der Waals surface area contributed by atoms with Gasteiger partial charge < -0.3 is 4.74 Å². The van der Waals surface area contributed by atoms with E-state index in [4.69, 9.17) is 4.74 Å². The molecule has 7 rings (SSSR count). The third-order valence-corrected chi connectivity index (χ3v) is 7.50. The molecule has 0 radical (unpaired) electrons. The molecule has 2 amide bonds. The van der Waals surface area contributed by atoms with Crippen molar-refractivity contribution in [1.29, 1.82) is 0 Å². The molecule has 32 heavy (non-hydrogen) atoms. The van der Waals surface area contributed by atoms with Crippen molar-refractivity contribution in [1.82, 2.24) is 0 Å². The molecule has 2 saturated carbocycles. The molecule has 2 aromatic carbocycles. The molecular formula is C26H21NO5. The smallest absolute Gasteiger partial charge is 0.343 e. The molecule has 0 N–H and O–H groups in total. The molecule has 0 aromatic heterocycles. The van der Waals surface area contributed by atoms with E-state index in [1.165, 1.54) is 11.8 Å². The molecule has 160 valence electrons. The lowest BCUT2D eigenvalue weighted by atomic mass is 9.63. The second kappa shape index (κ2) is 6.73. The fraction of sp³-hybridized carbons (Fsp3) is 0.308. The zero-order chi connectivity index (χ0) is 22.1. The number of carbonyl (C=O) groups is 4. The topological polar surface area (TPSA) is 80.8 Å². The summed E-state index contributed by atoms with van der Waals surface area (Å²) in [6.45, 7) is 1.47. The van der Waals surface area contributed by atoms with Crippen LogP contribution in [0.15, 0.2) is 60.7 Å². The van der Waals surface area contributed by atoms with Crippen molar-refractivity contribution < 1.29 is 23.9 Å². The first-order chi connectivity index (χ1) is 15.4. The number of benzene rings is 2. The van der Waals surface area contributed by atoms with Crippen LogP contribution >= 0.6 is 0 Å².